The minimum Gasteiger partial charge on any atom is -0.453 e. The molecule has 0 spiro atoms. The molecule has 144 valence electrons. The molecule has 0 bridgehead atoms. The van der Waals surface area contributed by atoms with Gasteiger partial charge in [-0.25, -0.2) is 13.2 Å². The van der Waals surface area contributed by atoms with Crippen LogP contribution in [0.2, 0.25) is 0 Å². The molecule has 0 unspecified atom stereocenters. The van der Waals surface area contributed by atoms with E-state index < -0.39 is 16.1 Å². The van der Waals surface area contributed by atoms with Crippen LogP contribution in [0.3, 0.4) is 0 Å². The van der Waals surface area contributed by atoms with Crippen molar-refractivity contribution in [1.82, 2.24) is 9.88 Å². The largest absolute Gasteiger partial charge is 0.453 e. The standard InChI is InChI=1S/C20H19N3O4S/c1-27-20(24)23-11-9-14-7-8-17(12-16(14)13-23)22-28(25,26)18-6-2-4-15-5-3-10-21-19(15)18/h2-8,10,12,22H,9,11,13H2,1H3. The maximum atomic E-state index is 13.0. The molecule has 2 aromatic carbocycles. The first-order valence-electron chi connectivity index (χ1n) is 8.79. The predicted octanol–water partition coefficient (Wildman–Crippen LogP) is 3.16. The van der Waals surface area contributed by atoms with Gasteiger partial charge < -0.3 is 9.64 Å². The Morgan fingerprint density at radius 1 is 1.14 bits per heavy atom. The number of benzene rings is 2. The van der Waals surface area contributed by atoms with E-state index in [-0.39, 0.29) is 4.90 Å². The molecule has 1 aliphatic rings. The molecule has 2 heterocycles. The molecule has 0 radical (unpaired) electrons. The van der Waals surface area contributed by atoms with Crippen molar-refractivity contribution >= 4 is 32.7 Å². The van der Waals surface area contributed by atoms with Crippen molar-refractivity contribution in [2.24, 2.45) is 0 Å². The quantitative estimate of drug-likeness (QED) is 0.733. The molecule has 3 aromatic rings. The normalized spacial score (nSPS) is 13.8. The number of carbonyl (C=O) groups excluding carboxylic acids is 1. The predicted molar refractivity (Wildman–Crippen MR) is 106 cm³/mol. The van der Waals surface area contributed by atoms with Crippen LogP contribution < -0.4 is 4.72 Å². The minimum atomic E-state index is -3.82. The van der Waals surface area contributed by atoms with Gasteiger partial charge in [-0.1, -0.05) is 24.3 Å². The van der Waals surface area contributed by atoms with Crippen molar-refractivity contribution in [3.63, 3.8) is 0 Å². The van der Waals surface area contributed by atoms with Gasteiger partial charge in [0.2, 0.25) is 0 Å². The average Bonchev–Trinajstić information content (AvgIpc) is 2.72. The highest BCUT2D eigenvalue weighted by Gasteiger charge is 2.23. The van der Waals surface area contributed by atoms with E-state index in [1.807, 2.05) is 18.2 Å². The Labute approximate surface area is 163 Å². The summed E-state index contributed by atoms with van der Waals surface area (Å²) in [6.45, 7) is 0.958. The van der Waals surface area contributed by atoms with Gasteiger partial charge in [0.25, 0.3) is 10.0 Å². The van der Waals surface area contributed by atoms with Crippen LogP contribution in [0.25, 0.3) is 10.9 Å². The number of sulfonamides is 1. The van der Waals surface area contributed by atoms with E-state index in [0.29, 0.717) is 30.7 Å². The first-order chi connectivity index (χ1) is 13.5. The Hall–Kier alpha value is -3.13. The van der Waals surface area contributed by atoms with Crippen molar-refractivity contribution in [3.05, 3.63) is 65.9 Å². The monoisotopic (exact) mass is 397 g/mol. The zero-order chi connectivity index (χ0) is 19.7. The Morgan fingerprint density at radius 3 is 2.79 bits per heavy atom. The van der Waals surface area contributed by atoms with Gasteiger partial charge in [-0.2, -0.15) is 0 Å². The number of methoxy groups -OCH3 is 1. The maximum absolute atomic E-state index is 13.0. The summed E-state index contributed by atoms with van der Waals surface area (Å²) < 4.78 is 33.3. The Kier molecular flexibility index (Phi) is 4.64. The van der Waals surface area contributed by atoms with E-state index in [4.69, 9.17) is 4.74 Å². The van der Waals surface area contributed by atoms with Crippen LogP contribution in [0, 0.1) is 0 Å². The maximum Gasteiger partial charge on any atom is 0.409 e. The molecule has 0 saturated heterocycles. The van der Waals surface area contributed by atoms with Crippen LogP contribution >= 0.6 is 0 Å². The van der Waals surface area contributed by atoms with E-state index in [9.17, 15) is 13.2 Å². The number of fused-ring (bicyclic) bond motifs is 2. The molecular formula is C20H19N3O4S. The number of carbonyl (C=O) groups is 1. The zero-order valence-electron chi connectivity index (χ0n) is 15.3. The second-order valence-electron chi connectivity index (χ2n) is 6.56. The fourth-order valence-corrected chi connectivity index (χ4v) is 4.64. The lowest BCUT2D eigenvalue weighted by Crippen LogP contribution is -2.35. The highest BCUT2D eigenvalue weighted by molar-refractivity contribution is 7.93. The number of nitrogens with zero attached hydrogens (tertiary/aromatic N) is 2. The van der Waals surface area contributed by atoms with Crippen molar-refractivity contribution in [1.29, 1.82) is 0 Å². The summed E-state index contributed by atoms with van der Waals surface area (Å²) in [5.41, 5.74) is 2.86. The lowest BCUT2D eigenvalue weighted by Gasteiger charge is -2.28. The molecule has 0 aliphatic carbocycles. The third-order valence-electron chi connectivity index (χ3n) is 4.79. The molecule has 7 nitrogen and oxygen atoms in total. The molecule has 1 N–H and O–H groups in total. The number of aromatic nitrogens is 1. The van der Waals surface area contributed by atoms with Crippen molar-refractivity contribution in [2.75, 3.05) is 18.4 Å². The van der Waals surface area contributed by atoms with Crippen LogP contribution in [-0.2, 0) is 27.7 Å². The number of nitrogens with one attached hydrogen (secondary N) is 1. The van der Waals surface area contributed by atoms with Gasteiger partial charge in [0.15, 0.2) is 0 Å². The molecule has 28 heavy (non-hydrogen) atoms. The van der Waals surface area contributed by atoms with Gasteiger partial charge in [0, 0.05) is 30.4 Å². The molecule has 0 saturated carbocycles. The van der Waals surface area contributed by atoms with Crippen LogP contribution in [0.15, 0.2) is 59.6 Å². The summed E-state index contributed by atoms with van der Waals surface area (Å²) in [6, 6.07) is 14.0. The molecule has 0 fully saturated rings. The van der Waals surface area contributed by atoms with Crippen molar-refractivity contribution in [2.45, 2.75) is 17.9 Å². The lowest BCUT2D eigenvalue weighted by molar-refractivity contribution is 0.118. The van der Waals surface area contributed by atoms with E-state index in [1.165, 1.54) is 13.2 Å². The second kappa shape index (κ2) is 7.12. The molecule has 8 heteroatoms. The van der Waals surface area contributed by atoms with Gasteiger partial charge in [0.1, 0.15) is 4.90 Å². The van der Waals surface area contributed by atoms with Gasteiger partial charge >= 0.3 is 6.09 Å². The molecule has 0 atom stereocenters. The summed E-state index contributed by atoms with van der Waals surface area (Å²) in [7, 11) is -2.47. The van der Waals surface area contributed by atoms with Crippen LogP contribution in [0.1, 0.15) is 11.1 Å². The fraction of sp³-hybridized carbons (Fsp3) is 0.200. The summed E-state index contributed by atoms with van der Waals surface area (Å²) in [5, 5.41) is 0.754. The van der Waals surface area contributed by atoms with E-state index >= 15 is 0 Å². The number of para-hydroxylation sites is 1. The fourth-order valence-electron chi connectivity index (χ4n) is 3.41. The van der Waals surface area contributed by atoms with Crippen LogP contribution in [0.5, 0.6) is 0 Å². The third-order valence-corrected chi connectivity index (χ3v) is 6.20. The number of rotatable bonds is 3. The summed E-state index contributed by atoms with van der Waals surface area (Å²) >= 11 is 0. The molecule has 4 rings (SSSR count). The van der Waals surface area contributed by atoms with Crippen molar-refractivity contribution in [3.8, 4) is 0 Å². The van der Waals surface area contributed by atoms with Gasteiger partial charge in [-0.15, -0.1) is 0 Å². The SMILES string of the molecule is COC(=O)N1CCc2ccc(NS(=O)(=O)c3cccc4cccnc34)cc2C1. The van der Waals surface area contributed by atoms with Gasteiger partial charge in [0.05, 0.1) is 12.6 Å². The van der Waals surface area contributed by atoms with E-state index in [0.717, 1.165) is 16.5 Å². The Balaban J connectivity index is 1.65. The van der Waals surface area contributed by atoms with Gasteiger partial charge in [-0.3, -0.25) is 9.71 Å². The topological polar surface area (TPSA) is 88.6 Å². The second-order valence-corrected chi connectivity index (χ2v) is 8.21. The molecule has 1 aromatic heterocycles. The average molecular weight is 397 g/mol. The third kappa shape index (κ3) is 3.38. The summed E-state index contributed by atoms with van der Waals surface area (Å²) in [6.07, 6.45) is 1.88. The minimum absolute atomic E-state index is 0.125. The number of pyridine rings is 1. The number of amides is 1. The van der Waals surface area contributed by atoms with Crippen LogP contribution in [-0.4, -0.2) is 38.0 Å². The highest BCUT2D eigenvalue weighted by Crippen LogP contribution is 2.26. The number of anilines is 1. The van der Waals surface area contributed by atoms with Crippen molar-refractivity contribution < 1.29 is 17.9 Å². The first kappa shape index (κ1) is 18.2. The van der Waals surface area contributed by atoms with E-state index in [2.05, 4.69) is 9.71 Å². The smallest absolute Gasteiger partial charge is 0.409 e. The lowest BCUT2D eigenvalue weighted by atomic mass is 9.99. The zero-order valence-corrected chi connectivity index (χ0v) is 16.1. The number of hydrogen-bond acceptors (Lipinski definition) is 5. The number of ether oxygens (including phenoxy) is 1. The van der Waals surface area contributed by atoms with Crippen LogP contribution in [0.4, 0.5) is 10.5 Å². The summed E-state index contributed by atoms with van der Waals surface area (Å²) in [5.74, 6) is 0. The van der Waals surface area contributed by atoms with Gasteiger partial charge in [-0.05, 0) is 41.8 Å². The highest BCUT2D eigenvalue weighted by atomic mass is 32.2. The Morgan fingerprint density at radius 2 is 1.96 bits per heavy atom. The summed E-state index contributed by atoms with van der Waals surface area (Å²) in [4.78, 5) is 17.7. The molecule has 1 aliphatic heterocycles. The Bertz CT molecular complexity index is 1160. The molecule has 1 amide bonds. The number of hydrogen-bond donors (Lipinski definition) is 1. The molecular weight excluding hydrogens is 378 g/mol. The van der Waals surface area contributed by atoms with E-state index in [1.54, 1.807) is 35.4 Å². The first-order valence-corrected chi connectivity index (χ1v) is 10.3.